The normalized spacial score (nSPS) is 12.5. The van der Waals surface area contributed by atoms with E-state index in [-0.39, 0.29) is 12.6 Å². The molecule has 0 saturated carbocycles. The molecule has 0 fully saturated rings. The fourth-order valence-electron chi connectivity index (χ4n) is 0.991. The molecule has 0 saturated heterocycles. The van der Waals surface area contributed by atoms with Crippen LogP contribution in [-0.4, -0.2) is 22.7 Å². The van der Waals surface area contributed by atoms with Crippen molar-refractivity contribution in [1.29, 1.82) is 0 Å². The number of rotatable bonds is 4. The number of nitrogens with one attached hydrogen (secondary N) is 1. The Morgan fingerprint density at radius 1 is 1.69 bits per heavy atom. The maximum Gasteiger partial charge on any atom is 0.144 e. The Kier molecular flexibility index (Phi) is 3.99. The van der Waals surface area contributed by atoms with Gasteiger partial charge in [0, 0.05) is 18.8 Å². The second kappa shape index (κ2) is 5.04. The number of nitrogens with zero attached hydrogens (tertiary/aromatic N) is 1. The van der Waals surface area contributed by atoms with Crippen molar-refractivity contribution in [3.63, 3.8) is 0 Å². The Bertz CT molecular complexity index is 268. The zero-order valence-corrected chi connectivity index (χ0v) is 8.25. The third-order valence-corrected chi connectivity index (χ3v) is 2.01. The fourth-order valence-corrected chi connectivity index (χ4v) is 1.17. The van der Waals surface area contributed by atoms with Crippen molar-refractivity contribution in [3.8, 4) is 0 Å². The Morgan fingerprint density at radius 3 is 3.08 bits per heavy atom. The first-order valence-electron chi connectivity index (χ1n) is 4.22. The summed E-state index contributed by atoms with van der Waals surface area (Å²) < 4.78 is 0. The number of aliphatic hydroxyl groups excluding tert-OH is 1. The van der Waals surface area contributed by atoms with E-state index in [1.165, 1.54) is 0 Å². The molecule has 0 bridgehead atoms. The molecule has 1 rings (SSSR count). The van der Waals surface area contributed by atoms with Gasteiger partial charge in [-0.25, -0.2) is 4.98 Å². The predicted octanol–water partition coefficient (Wildman–Crippen LogP) is 1.92. The Balaban J connectivity index is 2.58. The average molecular weight is 201 g/mol. The average Bonchev–Trinajstić information content (AvgIpc) is 2.09. The Hall–Kier alpha value is -0.800. The summed E-state index contributed by atoms with van der Waals surface area (Å²) in [4.78, 5) is 4.08. The van der Waals surface area contributed by atoms with Crippen LogP contribution in [-0.2, 0) is 0 Å². The van der Waals surface area contributed by atoms with E-state index in [1.54, 1.807) is 18.3 Å². The van der Waals surface area contributed by atoms with Gasteiger partial charge in [0.05, 0.1) is 5.02 Å². The van der Waals surface area contributed by atoms with Crippen LogP contribution in [0.1, 0.15) is 13.3 Å². The highest BCUT2D eigenvalue weighted by molar-refractivity contribution is 6.32. The standard InChI is InChI=1S/C9H13ClN2O/c1-7(4-6-13)12-9-8(10)3-2-5-11-9/h2-3,5,7,13H,4,6H2,1H3,(H,11,12)/t7-/m1/s1. The number of pyridine rings is 1. The first-order chi connectivity index (χ1) is 6.24. The van der Waals surface area contributed by atoms with Gasteiger partial charge in [-0.2, -0.15) is 0 Å². The zero-order chi connectivity index (χ0) is 9.68. The summed E-state index contributed by atoms with van der Waals surface area (Å²) >= 11 is 5.88. The van der Waals surface area contributed by atoms with E-state index in [0.717, 1.165) is 0 Å². The first-order valence-corrected chi connectivity index (χ1v) is 4.59. The smallest absolute Gasteiger partial charge is 0.144 e. The summed E-state index contributed by atoms with van der Waals surface area (Å²) in [6, 6.07) is 3.74. The van der Waals surface area contributed by atoms with Crippen LogP contribution in [0.4, 0.5) is 5.82 Å². The molecule has 0 aliphatic heterocycles. The molecule has 0 amide bonds. The molecular formula is C9H13ClN2O. The minimum Gasteiger partial charge on any atom is -0.396 e. The monoisotopic (exact) mass is 200 g/mol. The van der Waals surface area contributed by atoms with E-state index in [9.17, 15) is 0 Å². The third-order valence-electron chi connectivity index (χ3n) is 1.70. The quantitative estimate of drug-likeness (QED) is 0.781. The second-order valence-corrected chi connectivity index (χ2v) is 3.30. The highest BCUT2D eigenvalue weighted by Crippen LogP contribution is 2.18. The van der Waals surface area contributed by atoms with Gasteiger partial charge in [-0.3, -0.25) is 0 Å². The number of aliphatic hydroxyl groups is 1. The molecule has 72 valence electrons. The molecule has 0 spiro atoms. The lowest BCUT2D eigenvalue weighted by atomic mass is 10.2. The van der Waals surface area contributed by atoms with Gasteiger partial charge in [0.2, 0.25) is 0 Å². The van der Waals surface area contributed by atoms with E-state index in [1.807, 2.05) is 6.92 Å². The molecule has 4 heteroatoms. The minimum absolute atomic E-state index is 0.165. The molecule has 1 heterocycles. The van der Waals surface area contributed by atoms with Gasteiger partial charge >= 0.3 is 0 Å². The SMILES string of the molecule is C[C@H](CCO)Nc1ncccc1Cl. The van der Waals surface area contributed by atoms with Gasteiger partial charge < -0.3 is 10.4 Å². The molecule has 0 radical (unpaired) electrons. The highest BCUT2D eigenvalue weighted by atomic mass is 35.5. The molecule has 0 unspecified atom stereocenters. The van der Waals surface area contributed by atoms with Crippen LogP contribution in [0.5, 0.6) is 0 Å². The van der Waals surface area contributed by atoms with E-state index in [4.69, 9.17) is 16.7 Å². The zero-order valence-electron chi connectivity index (χ0n) is 7.50. The number of aromatic nitrogens is 1. The lowest BCUT2D eigenvalue weighted by molar-refractivity contribution is 0.282. The maximum absolute atomic E-state index is 8.69. The predicted molar refractivity (Wildman–Crippen MR) is 54.0 cm³/mol. The minimum atomic E-state index is 0.165. The van der Waals surface area contributed by atoms with Crippen molar-refractivity contribution in [2.45, 2.75) is 19.4 Å². The number of anilines is 1. The Morgan fingerprint density at radius 2 is 2.46 bits per heavy atom. The summed E-state index contributed by atoms with van der Waals surface area (Å²) in [5.41, 5.74) is 0. The van der Waals surface area contributed by atoms with Crippen LogP contribution in [0.25, 0.3) is 0 Å². The van der Waals surface area contributed by atoms with E-state index in [2.05, 4.69) is 10.3 Å². The molecule has 0 aliphatic rings. The summed E-state index contributed by atoms with van der Waals surface area (Å²) in [7, 11) is 0. The van der Waals surface area contributed by atoms with Gasteiger partial charge in [0.15, 0.2) is 0 Å². The molecule has 1 aromatic heterocycles. The van der Waals surface area contributed by atoms with Gasteiger partial charge in [-0.1, -0.05) is 11.6 Å². The lowest BCUT2D eigenvalue weighted by Gasteiger charge is -2.13. The van der Waals surface area contributed by atoms with Crippen molar-refractivity contribution in [2.75, 3.05) is 11.9 Å². The maximum atomic E-state index is 8.69. The van der Waals surface area contributed by atoms with Crippen LogP contribution < -0.4 is 5.32 Å². The van der Waals surface area contributed by atoms with Crippen molar-refractivity contribution in [1.82, 2.24) is 4.98 Å². The first kappa shape index (κ1) is 10.3. The molecular weight excluding hydrogens is 188 g/mol. The van der Waals surface area contributed by atoms with Gasteiger partial charge in [0.25, 0.3) is 0 Å². The number of hydrogen-bond acceptors (Lipinski definition) is 3. The molecule has 13 heavy (non-hydrogen) atoms. The Labute approximate surface area is 82.8 Å². The van der Waals surface area contributed by atoms with Crippen molar-refractivity contribution < 1.29 is 5.11 Å². The summed E-state index contributed by atoms with van der Waals surface area (Å²) in [5.74, 6) is 0.671. The van der Waals surface area contributed by atoms with Gasteiger partial charge in [-0.05, 0) is 25.5 Å². The van der Waals surface area contributed by atoms with Crippen LogP contribution in [0.2, 0.25) is 5.02 Å². The van der Waals surface area contributed by atoms with Crippen LogP contribution >= 0.6 is 11.6 Å². The molecule has 0 aromatic carbocycles. The van der Waals surface area contributed by atoms with Crippen LogP contribution in [0.3, 0.4) is 0 Å². The summed E-state index contributed by atoms with van der Waals surface area (Å²) in [6.07, 6.45) is 2.37. The molecule has 1 aromatic rings. The van der Waals surface area contributed by atoms with E-state index >= 15 is 0 Å². The summed E-state index contributed by atoms with van der Waals surface area (Å²) in [6.45, 7) is 2.14. The molecule has 2 N–H and O–H groups in total. The fraction of sp³-hybridized carbons (Fsp3) is 0.444. The molecule has 3 nitrogen and oxygen atoms in total. The van der Waals surface area contributed by atoms with Gasteiger partial charge in [0.1, 0.15) is 5.82 Å². The topological polar surface area (TPSA) is 45.1 Å². The second-order valence-electron chi connectivity index (χ2n) is 2.89. The van der Waals surface area contributed by atoms with Gasteiger partial charge in [-0.15, -0.1) is 0 Å². The third kappa shape index (κ3) is 3.20. The van der Waals surface area contributed by atoms with Crippen LogP contribution in [0.15, 0.2) is 18.3 Å². The highest BCUT2D eigenvalue weighted by Gasteiger charge is 2.04. The van der Waals surface area contributed by atoms with Crippen molar-refractivity contribution in [3.05, 3.63) is 23.4 Å². The van der Waals surface area contributed by atoms with E-state index < -0.39 is 0 Å². The largest absolute Gasteiger partial charge is 0.396 e. The number of halogens is 1. The lowest BCUT2D eigenvalue weighted by Crippen LogP contribution is -2.17. The van der Waals surface area contributed by atoms with Crippen LogP contribution in [0, 0.1) is 0 Å². The molecule has 1 atom stereocenters. The summed E-state index contributed by atoms with van der Waals surface area (Å²) in [5, 5.41) is 12.4. The van der Waals surface area contributed by atoms with Crippen molar-refractivity contribution >= 4 is 17.4 Å². The van der Waals surface area contributed by atoms with E-state index in [0.29, 0.717) is 17.3 Å². The molecule has 0 aliphatic carbocycles. The van der Waals surface area contributed by atoms with Crippen molar-refractivity contribution in [2.24, 2.45) is 0 Å². The number of hydrogen-bond donors (Lipinski definition) is 2.